The van der Waals surface area contributed by atoms with Gasteiger partial charge in [-0.15, -0.1) is 0 Å². The van der Waals surface area contributed by atoms with Crippen molar-refractivity contribution >= 4 is 11.9 Å². The normalized spacial score (nSPS) is 18.4. The Kier molecular flexibility index (Phi) is 5.38. The third-order valence-electron chi connectivity index (χ3n) is 4.03. The molecule has 0 aliphatic carbocycles. The Bertz CT molecular complexity index is 562. The molecule has 1 saturated heterocycles. The van der Waals surface area contributed by atoms with Crippen LogP contribution in [-0.2, 0) is 21.4 Å². The summed E-state index contributed by atoms with van der Waals surface area (Å²) in [5.74, 6) is 0.380. The minimum atomic E-state index is -0.852. The van der Waals surface area contributed by atoms with Gasteiger partial charge in [-0.2, -0.15) is 4.98 Å². The summed E-state index contributed by atoms with van der Waals surface area (Å²) >= 11 is 0. The predicted octanol–water partition coefficient (Wildman–Crippen LogP) is 2.16. The number of carbonyl (C=O) groups is 2. The summed E-state index contributed by atoms with van der Waals surface area (Å²) in [6.07, 6.45) is 3.25. The molecule has 0 aromatic carbocycles. The van der Waals surface area contributed by atoms with E-state index in [0.717, 1.165) is 12.8 Å². The number of aliphatic carboxylic acids is 1. The Balaban J connectivity index is 1.80. The lowest BCUT2D eigenvalue weighted by atomic mass is 9.96. The van der Waals surface area contributed by atoms with E-state index in [0.29, 0.717) is 37.5 Å². The van der Waals surface area contributed by atoms with E-state index < -0.39 is 5.97 Å². The van der Waals surface area contributed by atoms with Crippen LogP contribution in [-0.4, -0.2) is 44.6 Å². The lowest BCUT2D eigenvalue weighted by molar-refractivity contribution is -0.139. The van der Waals surface area contributed by atoms with Gasteiger partial charge in [-0.3, -0.25) is 9.59 Å². The van der Waals surface area contributed by atoms with Crippen LogP contribution in [0.2, 0.25) is 0 Å². The summed E-state index contributed by atoms with van der Waals surface area (Å²) in [7, 11) is 0. The van der Waals surface area contributed by atoms with Gasteiger partial charge in [0.05, 0.1) is 6.42 Å². The maximum atomic E-state index is 12.3. The molecule has 1 aliphatic heterocycles. The van der Waals surface area contributed by atoms with E-state index in [-0.39, 0.29) is 23.8 Å². The predicted molar refractivity (Wildman–Crippen MR) is 82.9 cm³/mol. The maximum Gasteiger partial charge on any atom is 0.305 e. The van der Waals surface area contributed by atoms with E-state index in [1.54, 1.807) is 4.90 Å². The molecule has 2 heterocycles. The van der Waals surface area contributed by atoms with Crippen molar-refractivity contribution in [3.63, 3.8) is 0 Å². The molecule has 0 spiro atoms. The standard InChI is InChI=1S/C16H25N3O4/c1-16(2,3)15-17-12(23-18-15)7-4-8-13(20)19-9-5-6-11(19)10-14(21)22/h11H,4-10H2,1-3H3,(H,21,22)/t11-/m1/s1. The first-order valence-corrected chi connectivity index (χ1v) is 8.11. The number of hydrogen-bond acceptors (Lipinski definition) is 5. The first kappa shape index (κ1) is 17.4. The minimum absolute atomic E-state index is 0.0179. The quantitative estimate of drug-likeness (QED) is 0.861. The van der Waals surface area contributed by atoms with E-state index in [2.05, 4.69) is 10.1 Å². The van der Waals surface area contributed by atoms with Gasteiger partial charge in [0.15, 0.2) is 5.82 Å². The number of carbonyl (C=O) groups excluding carboxylic acids is 1. The van der Waals surface area contributed by atoms with Crippen molar-refractivity contribution in [3.05, 3.63) is 11.7 Å². The molecule has 0 saturated carbocycles. The highest BCUT2D eigenvalue weighted by Gasteiger charge is 2.30. The molecule has 1 aromatic rings. The second-order valence-electron chi connectivity index (χ2n) is 7.10. The van der Waals surface area contributed by atoms with Crippen molar-refractivity contribution in [1.29, 1.82) is 0 Å². The Morgan fingerprint density at radius 2 is 2.13 bits per heavy atom. The zero-order valence-electron chi connectivity index (χ0n) is 14.0. The van der Waals surface area contributed by atoms with Crippen molar-refractivity contribution in [1.82, 2.24) is 15.0 Å². The van der Waals surface area contributed by atoms with Gasteiger partial charge in [0.2, 0.25) is 11.8 Å². The molecule has 1 amide bonds. The second-order valence-corrected chi connectivity index (χ2v) is 7.10. The van der Waals surface area contributed by atoms with Crippen LogP contribution in [0.1, 0.15) is 64.6 Å². The van der Waals surface area contributed by atoms with E-state index in [4.69, 9.17) is 9.63 Å². The van der Waals surface area contributed by atoms with E-state index >= 15 is 0 Å². The fraction of sp³-hybridized carbons (Fsp3) is 0.750. The molecule has 0 unspecified atom stereocenters. The number of carboxylic acid groups (broad SMARTS) is 1. The summed E-state index contributed by atoms with van der Waals surface area (Å²) in [4.78, 5) is 29.2. The van der Waals surface area contributed by atoms with Gasteiger partial charge in [0, 0.05) is 30.8 Å². The Morgan fingerprint density at radius 3 is 2.74 bits per heavy atom. The molecule has 0 radical (unpaired) electrons. The monoisotopic (exact) mass is 323 g/mol. The molecule has 128 valence electrons. The largest absolute Gasteiger partial charge is 0.481 e. The van der Waals surface area contributed by atoms with Gasteiger partial charge < -0.3 is 14.5 Å². The van der Waals surface area contributed by atoms with Crippen molar-refractivity contribution in [2.75, 3.05) is 6.54 Å². The van der Waals surface area contributed by atoms with E-state index in [1.165, 1.54) is 0 Å². The highest BCUT2D eigenvalue weighted by molar-refractivity contribution is 5.78. The van der Waals surface area contributed by atoms with E-state index in [1.807, 2.05) is 20.8 Å². The molecule has 7 heteroatoms. The van der Waals surface area contributed by atoms with Gasteiger partial charge in [-0.25, -0.2) is 0 Å². The number of nitrogens with zero attached hydrogens (tertiary/aromatic N) is 3. The van der Waals surface area contributed by atoms with Crippen LogP contribution in [0.15, 0.2) is 4.52 Å². The average Bonchev–Trinajstić information content (AvgIpc) is 3.06. The van der Waals surface area contributed by atoms with Crippen LogP contribution in [0.3, 0.4) is 0 Å². The van der Waals surface area contributed by atoms with Crippen LogP contribution in [0.5, 0.6) is 0 Å². The summed E-state index contributed by atoms with van der Waals surface area (Å²) < 4.78 is 5.21. The number of likely N-dealkylation sites (tertiary alicyclic amines) is 1. The van der Waals surface area contributed by atoms with E-state index in [9.17, 15) is 9.59 Å². The van der Waals surface area contributed by atoms with Crippen LogP contribution in [0.25, 0.3) is 0 Å². The number of aryl methyl sites for hydroxylation is 1. The van der Waals surface area contributed by atoms with Crippen molar-refractivity contribution in [3.8, 4) is 0 Å². The number of amides is 1. The smallest absolute Gasteiger partial charge is 0.305 e. The Labute approximate surface area is 136 Å². The minimum Gasteiger partial charge on any atom is -0.481 e. The van der Waals surface area contributed by atoms with Crippen LogP contribution in [0, 0.1) is 0 Å². The molecule has 0 bridgehead atoms. The average molecular weight is 323 g/mol. The van der Waals surface area contributed by atoms with Crippen molar-refractivity contribution in [2.45, 2.75) is 70.8 Å². The van der Waals surface area contributed by atoms with Crippen molar-refractivity contribution < 1.29 is 19.2 Å². The molecule has 1 N–H and O–H groups in total. The van der Waals surface area contributed by atoms with Crippen LogP contribution >= 0.6 is 0 Å². The topological polar surface area (TPSA) is 96.5 Å². The number of rotatable bonds is 6. The Morgan fingerprint density at radius 1 is 1.39 bits per heavy atom. The zero-order valence-corrected chi connectivity index (χ0v) is 14.0. The molecule has 1 fully saturated rings. The third-order valence-corrected chi connectivity index (χ3v) is 4.03. The second kappa shape index (κ2) is 7.10. The summed E-state index contributed by atoms with van der Waals surface area (Å²) in [5.41, 5.74) is -0.156. The molecule has 23 heavy (non-hydrogen) atoms. The van der Waals surface area contributed by atoms with Crippen LogP contribution in [0.4, 0.5) is 0 Å². The number of carboxylic acids is 1. The lowest BCUT2D eigenvalue weighted by Crippen LogP contribution is -2.36. The fourth-order valence-electron chi connectivity index (χ4n) is 2.77. The van der Waals surface area contributed by atoms with Gasteiger partial charge in [-0.1, -0.05) is 25.9 Å². The SMILES string of the molecule is CC(C)(C)c1noc(CCCC(=O)N2CCC[C@@H]2CC(=O)O)n1. The molecule has 7 nitrogen and oxygen atoms in total. The lowest BCUT2D eigenvalue weighted by Gasteiger charge is -2.23. The molecule has 1 atom stereocenters. The fourth-order valence-corrected chi connectivity index (χ4v) is 2.77. The van der Waals surface area contributed by atoms with Gasteiger partial charge in [0.25, 0.3) is 0 Å². The Hall–Kier alpha value is -1.92. The van der Waals surface area contributed by atoms with Gasteiger partial charge in [0.1, 0.15) is 0 Å². The highest BCUT2D eigenvalue weighted by Crippen LogP contribution is 2.22. The summed E-state index contributed by atoms with van der Waals surface area (Å²) in [5, 5.41) is 12.9. The highest BCUT2D eigenvalue weighted by atomic mass is 16.5. The summed E-state index contributed by atoms with van der Waals surface area (Å²) in [6.45, 7) is 6.70. The maximum absolute atomic E-state index is 12.3. The number of hydrogen-bond donors (Lipinski definition) is 1. The molecule has 2 rings (SSSR count). The summed E-state index contributed by atoms with van der Waals surface area (Å²) in [6, 6.07) is -0.157. The molecule has 1 aromatic heterocycles. The molecular weight excluding hydrogens is 298 g/mol. The zero-order chi connectivity index (χ0) is 17.0. The number of aromatic nitrogens is 2. The molecule has 1 aliphatic rings. The third kappa shape index (κ3) is 4.77. The van der Waals surface area contributed by atoms with Gasteiger partial charge >= 0.3 is 5.97 Å². The first-order valence-electron chi connectivity index (χ1n) is 8.11. The first-order chi connectivity index (χ1) is 10.8. The molecular formula is C16H25N3O4. The van der Waals surface area contributed by atoms with Gasteiger partial charge in [-0.05, 0) is 19.3 Å². The van der Waals surface area contributed by atoms with Crippen LogP contribution < -0.4 is 0 Å². The van der Waals surface area contributed by atoms with Crippen molar-refractivity contribution in [2.24, 2.45) is 0 Å².